The summed E-state index contributed by atoms with van der Waals surface area (Å²) in [6.07, 6.45) is 0.185. The van der Waals surface area contributed by atoms with Gasteiger partial charge in [-0.2, -0.15) is 5.26 Å². The maximum atomic E-state index is 12.0. The van der Waals surface area contributed by atoms with Crippen LogP contribution >= 0.6 is 15.9 Å². The van der Waals surface area contributed by atoms with Gasteiger partial charge in [0.1, 0.15) is 11.6 Å². The Balaban J connectivity index is 1.91. The monoisotopic (exact) mass is 476 g/mol. The lowest BCUT2D eigenvalue weighted by Gasteiger charge is -2.11. The number of esters is 1. The van der Waals surface area contributed by atoms with Gasteiger partial charge in [0.25, 0.3) is 17.2 Å². The smallest absolute Gasteiger partial charge is 0.306 e. The number of amides is 1. The summed E-state index contributed by atoms with van der Waals surface area (Å²) in [5.74, 6) is -1.24. The summed E-state index contributed by atoms with van der Waals surface area (Å²) in [7, 11) is 0. The number of nitro groups is 1. The molecule has 0 unspecified atom stereocenters. The molecular formula is C19H17BrN4O6. The number of aromatic nitrogens is 1. The molecule has 156 valence electrons. The Morgan fingerprint density at radius 3 is 2.67 bits per heavy atom. The van der Waals surface area contributed by atoms with Crippen LogP contribution in [0.3, 0.4) is 0 Å². The first kappa shape index (κ1) is 22.8. The van der Waals surface area contributed by atoms with Crippen LogP contribution in [0.5, 0.6) is 0 Å². The van der Waals surface area contributed by atoms with Crippen LogP contribution in [0.1, 0.15) is 28.8 Å². The molecule has 2 rings (SSSR count). The lowest BCUT2D eigenvalue weighted by Crippen LogP contribution is -2.22. The highest BCUT2D eigenvalue weighted by molar-refractivity contribution is 9.10. The number of aromatic amines is 1. The third kappa shape index (κ3) is 5.51. The highest BCUT2D eigenvalue weighted by atomic mass is 79.9. The number of carbonyl (C=O) groups is 2. The van der Waals surface area contributed by atoms with Crippen LogP contribution in [0.2, 0.25) is 0 Å². The van der Waals surface area contributed by atoms with E-state index in [1.54, 1.807) is 13.8 Å². The third-order valence-corrected chi connectivity index (χ3v) is 4.96. The van der Waals surface area contributed by atoms with Gasteiger partial charge in [0, 0.05) is 28.7 Å². The lowest BCUT2D eigenvalue weighted by molar-refractivity contribution is -0.384. The van der Waals surface area contributed by atoms with Crippen molar-refractivity contribution in [2.24, 2.45) is 0 Å². The predicted octanol–water partition coefficient (Wildman–Crippen LogP) is 2.65. The molecule has 1 heterocycles. The molecule has 2 aromatic rings. The number of nitrogens with one attached hydrogen (secondary N) is 2. The standard InChI is InChI=1S/C19H17BrN4O6/c1-10-13(11(2)22-19(27)14(10)8-21)4-6-18(26)30-9-17(25)23-16-5-3-12(24(28)29)7-15(16)20/h3,5,7H,4,6,9H2,1-2H3,(H,22,27)(H,23,25). The largest absolute Gasteiger partial charge is 0.456 e. The van der Waals surface area contributed by atoms with E-state index < -0.39 is 29.0 Å². The van der Waals surface area contributed by atoms with Gasteiger partial charge in [-0.25, -0.2) is 0 Å². The maximum absolute atomic E-state index is 12.0. The minimum atomic E-state index is -0.628. The normalized spacial score (nSPS) is 10.2. The van der Waals surface area contributed by atoms with E-state index in [-0.39, 0.29) is 24.1 Å². The molecule has 0 aliphatic heterocycles. The van der Waals surface area contributed by atoms with Gasteiger partial charge in [0.05, 0.1) is 10.6 Å². The minimum absolute atomic E-state index is 0.00276. The number of carbonyl (C=O) groups excluding carboxylic acids is 2. The number of hydrogen-bond acceptors (Lipinski definition) is 7. The second kappa shape index (κ2) is 9.80. The number of hydrogen-bond donors (Lipinski definition) is 2. The van der Waals surface area contributed by atoms with E-state index in [2.05, 4.69) is 26.2 Å². The van der Waals surface area contributed by atoms with Crippen molar-refractivity contribution in [3.63, 3.8) is 0 Å². The van der Waals surface area contributed by atoms with Crippen LogP contribution in [-0.4, -0.2) is 28.4 Å². The first-order valence-electron chi connectivity index (χ1n) is 8.66. The van der Waals surface area contributed by atoms with Crippen molar-refractivity contribution in [2.75, 3.05) is 11.9 Å². The summed E-state index contributed by atoms with van der Waals surface area (Å²) in [4.78, 5) is 48.4. The number of pyridine rings is 1. The number of nitro benzene ring substituents is 1. The zero-order chi connectivity index (χ0) is 22.4. The highest BCUT2D eigenvalue weighted by Crippen LogP contribution is 2.27. The number of ether oxygens (including phenoxy) is 1. The number of aryl methyl sites for hydroxylation is 1. The van der Waals surface area contributed by atoms with Gasteiger partial charge in [-0.05, 0) is 53.4 Å². The molecule has 30 heavy (non-hydrogen) atoms. The van der Waals surface area contributed by atoms with Crippen molar-refractivity contribution < 1.29 is 19.2 Å². The van der Waals surface area contributed by atoms with Gasteiger partial charge >= 0.3 is 5.97 Å². The topological polar surface area (TPSA) is 155 Å². The SMILES string of the molecule is Cc1[nH]c(=O)c(C#N)c(C)c1CCC(=O)OCC(=O)Nc1ccc([N+](=O)[O-])cc1Br. The molecule has 1 amide bonds. The molecule has 0 atom stereocenters. The average Bonchev–Trinajstić information content (AvgIpc) is 2.67. The summed E-state index contributed by atoms with van der Waals surface area (Å²) in [6, 6.07) is 5.67. The number of nitriles is 1. The Kier molecular flexibility index (Phi) is 7.43. The fourth-order valence-corrected chi connectivity index (χ4v) is 3.24. The molecule has 1 aromatic carbocycles. The molecule has 2 N–H and O–H groups in total. The van der Waals surface area contributed by atoms with Crippen molar-refractivity contribution in [1.29, 1.82) is 5.26 Å². The summed E-state index contributed by atoms with van der Waals surface area (Å²) < 4.78 is 5.26. The van der Waals surface area contributed by atoms with Crippen molar-refractivity contribution in [3.05, 3.63) is 65.5 Å². The van der Waals surface area contributed by atoms with E-state index in [9.17, 15) is 24.5 Å². The fraction of sp³-hybridized carbons (Fsp3) is 0.263. The molecule has 0 aliphatic carbocycles. The quantitative estimate of drug-likeness (QED) is 0.353. The van der Waals surface area contributed by atoms with Crippen LogP contribution in [0.25, 0.3) is 0 Å². The van der Waals surface area contributed by atoms with E-state index >= 15 is 0 Å². The molecule has 0 bridgehead atoms. The van der Waals surface area contributed by atoms with Crippen molar-refractivity contribution in [1.82, 2.24) is 4.98 Å². The van der Waals surface area contributed by atoms with Crippen LogP contribution < -0.4 is 10.9 Å². The van der Waals surface area contributed by atoms with E-state index in [4.69, 9.17) is 10.00 Å². The Labute approximate surface area is 179 Å². The Morgan fingerprint density at radius 2 is 2.07 bits per heavy atom. The molecule has 0 fully saturated rings. The molecule has 0 saturated heterocycles. The highest BCUT2D eigenvalue weighted by Gasteiger charge is 2.15. The maximum Gasteiger partial charge on any atom is 0.306 e. The van der Waals surface area contributed by atoms with Gasteiger partial charge in [-0.15, -0.1) is 0 Å². The first-order chi connectivity index (χ1) is 14.1. The first-order valence-corrected chi connectivity index (χ1v) is 9.45. The summed E-state index contributed by atoms with van der Waals surface area (Å²) >= 11 is 3.13. The zero-order valence-corrected chi connectivity index (χ0v) is 17.7. The van der Waals surface area contributed by atoms with Gasteiger partial charge in [-0.3, -0.25) is 24.5 Å². The number of H-pyrrole nitrogens is 1. The molecule has 0 spiro atoms. The third-order valence-electron chi connectivity index (χ3n) is 4.30. The molecule has 1 aromatic heterocycles. The molecule has 10 nitrogen and oxygen atoms in total. The lowest BCUT2D eigenvalue weighted by atomic mass is 9.99. The summed E-state index contributed by atoms with van der Waals surface area (Å²) in [5, 5.41) is 22.3. The predicted molar refractivity (Wildman–Crippen MR) is 110 cm³/mol. The Bertz CT molecular complexity index is 1120. The molecule has 0 aliphatic rings. The minimum Gasteiger partial charge on any atom is -0.456 e. The van der Waals surface area contributed by atoms with Crippen LogP contribution in [0.4, 0.5) is 11.4 Å². The van der Waals surface area contributed by atoms with E-state index in [1.807, 2.05) is 6.07 Å². The Hall–Kier alpha value is -3.52. The number of non-ortho nitro benzene ring substituents is 1. The number of halogens is 1. The van der Waals surface area contributed by atoms with Crippen molar-refractivity contribution in [3.8, 4) is 6.07 Å². The summed E-state index contributed by atoms with van der Waals surface area (Å²) in [6.45, 7) is 2.78. The number of benzene rings is 1. The van der Waals surface area contributed by atoms with Crippen LogP contribution in [-0.2, 0) is 20.7 Å². The van der Waals surface area contributed by atoms with Crippen molar-refractivity contribution >= 4 is 39.2 Å². The van der Waals surface area contributed by atoms with E-state index in [0.29, 0.717) is 27.0 Å². The second-order valence-corrected chi connectivity index (χ2v) is 7.15. The van der Waals surface area contributed by atoms with Gasteiger partial charge < -0.3 is 15.0 Å². The molecular weight excluding hydrogens is 460 g/mol. The number of anilines is 1. The van der Waals surface area contributed by atoms with Crippen LogP contribution in [0.15, 0.2) is 27.5 Å². The Morgan fingerprint density at radius 1 is 1.37 bits per heavy atom. The van der Waals surface area contributed by atoms with Gasteiger partial charge in [-0.1, -0.05) is 0 Å². The van der Waals surface area contributed by atoms with E-state index in [1.165, 1.54) is 18.2 Å². The number of rotatable bonds is 7. The summed E-state index contributed by atoms with van der Waals surface area (Å²) in [5.41, 5.74) is 1.41. The van der Waals surface area contributed by atoms with Gasteiger partial charge in [0.2, 0.25) is 0 Å². The van der Waals surface area contributed by atoms with E-state index in [0.717, 1.165) is 0 Å². The zero-order valence-electron chi connectivity index (χ0n) is 16.1. The van der Waals surface area contributed by atoms with Crippen molar-refractivity contribution in [2.45, 2.75) is 26.7 Å². The second-order valence-electron chi connectivity index (χ2n) is 6.30. The molecule has 0 saturated carbocycles. The number of nitrogens with zero attached hydrogens (tertiary/aromatic N) is 2. The van der Waals surface area contributed by atoms with Crippen LogP contribution in [0, 0.1) is 35.3 Å². The molecule has 0 radical (unpaired) electrons. The average molecular weight is 477 g/mol. The van der Waals surface area contributed by atoms with Gasteiger partial charge in [0.15, 0.2) is 6.61 Å². The molecule has 11 heteroatoms. The fourth-order valence-electron chi connectivity index (χ4n) is 2.77.